The van der Waals surface area contributed by atoms with Gasteiger partial charge in [0.05, 0.1) is 10.5 Å². The Morgan fingerprint density at radius 1 is 1.33 bits per heavy atom. The standard InChI is InChI=1S/C10H8O4S/c1-6-4-8-5-7(10(11)12)2-3-9(8)15(6,13)14/h2-5H,1H3,(H,11,12). The molecule has 0 aliphatic carbocycles. The highest BCUT2D eigenvalue weighted by molar-refractivity contribution is 7.95. The molecule has 15 heavy (non-hydrogen) atoms. The highest BCUT2D eigenvalue weighted by Crippen LogP contribution is 2.32. The van der Waals surface area contributed by atoms with Crippen molar-refractivity contribution in [2.24, 2.45) is 0 Å². The van der Waals surface area contributed by atoms with Crippen LogP contribution in [0.1, 0.15) is 22.8 Å². The van der Waals surface area contributed by atoms with Crippen molar-refractivity contribution in [3.63, 3.8) is 0 Å². The van der Waals surface area contributed by atoms with Crippen molar-refractivity contribution in [3.8, 4) is 0 Å². The van der Waals surface area contributed by atoms with Gasteiger partial charge in [0, 0.05) is 4.91 Å². The Labute approximate surface area is 86.8 Å². The fraction of sp³-hybridized carbons (Fsp3) is 0.100. The van der Waals surface area contributed by atoms with Crippen molar-refractivity contribution >= 4 is 21.9 Å². The predicted molar refractivity (Wildman–Crippen MR) is 54.2 cm³/mol. The molecule has 1 aliphatic rings. The largest absolute Gasteiger partial charge is 0.478 e. The Morgan fingerprint density at radius 2 is 2.00 bits per heavy atom. The van der Waals surface area contributed by atoms with Gasteiger partial charge in [0.1, 0.15) is 0 Å². The lowest BCUT2D eigenvalue weighted by atomic mass is 10.1. The van der Waals surface area contributed by atoms with Crippen molar-refractivity contribution in [1.82, 2.24) is 0 Å². The summed E-state index contributed by atoms with van der Waals surface area (Å²) in [5.41, 5.74) is 0.544. The molecule has 1 aliphatic heterocycles. The molecule has 0 fully saturated rings. The zero-order valence-corrected chi connectivity index (χ0v) is 8.71. The Bertz CT molecular complexity index is 581. The molecule has 78 valence electrons. The normalized spacial score (nSPS) is 17.0. The molecule has 0 radical (unpaired) electrons. The Kier molecular flexibility index (Phi) is 1.94. The van der Waals surface area contributed by atoms with Crippen molar-refractivity contribution in [2.75, 3.05) is 0 Å². The second kappa shape index (κ2) is 2.93. The van der Waals surface area contributed by atoms with Crippen LogP contribution in [0.2, 0.25) is 0 Å². The zero-order chi connectivity index (χ0) is 11.2. The van der Waals surface area contributed by atoms with E-state index in [1.54, 1.807) is 0 Å². The van der Waals surface area contributed by atoms with Gasteiger partial charge in [-0.1, -0.05) is 0 Å². The average molecular weight is 224 g/mol. The summed E-state index contributed by atoms with van der Waals surface area (Å²) in [6.45, 7) is 1.50. The minimum atomic E-state index is -3.36. The predicted octanol–water partition coefficient (Wildman–Crippen LogP) is 1.53. The summed E-state index contributed by atoms with van der Waals surface area (Å²) in [5, 5.41) is 8.74. The number of carboxylic acids is 1. The van der Waals surface area contributed by atoms with E-state index in [2.05, 4.69) is 0 Å². The van der Waals surface area contributed by atoms with Crippen LogP contribution in [0.25, 0.3) is 6.08 Å². The zero-order valence-electron chi connectivity index (χ0n) is 7.89. The number of carboxylic acid groups (broad SMARTS) is 1. The molecule has 1 heterocycles. The van der Waals surface area contributed by atoms with Crippen molar-refractivity contribution < 1.29 is 18.3 Å². The molecule has 0 saturated carbocycles. The first-order valence-corrected chi connectivity index (χ1v) is 5.72. The van der Waals surface area contributed by atoms with Crippen LogP contribution in [0.4, 0.5) is 0 Å². The number of fused-ring (bicyclic) bond motifs is 1. The molecule has 1 aromatic rings. The van der Waals surface area contributed by atoms with E-state index in [1.165, 1.54) is 31.2 Å². The molecule has 0 unspecified atom stereocenters. The van der Waals surface area contributed by atoms with E-state index < -0.39 is 15.8 Å². The molecular weight excluding hydrogens is 216 g/mol. The SMILES string of the molecule is CC1=Cc2cc(C(=O)O)ccc2S1(=O)=O. The minimum Gasteiger partial charge on any atom is -0.478 e. The molecule has 1 aromatic carbocycles. The average Bonchev–Trinajstić information content (AvgIpc) is 2.38. The molecule has 0 spiro atoms. The number of hydrogen-bond acceptors (Lipinski definition) is 3. The summed E-state index contributed by atoms with van der Waals surface area (Å²) in [6, 6.07) is 4.00. The van der Waals surface area contributed by atoms with Crippen LogP contribution in [-0.2, 0) is 9.84 Å². The quantitative estimate of drug-likeness (QED) is 0.785. The number of carbonyl (C=O) groups is 1. The third-order valence-corrected chi connectivity index (χ3v) is 4.25. The molecule has 0 atom stereocenters. The fourth-order valence-electron chi connectivity index (χ4n) is 1.51. The van der Waals surface area contributed by atoms with Crippen LogP contribution in [0.3, 0.4) is 0 Å². The minimum absolute atomic E-state index is 0.0925. The van der Waals surface area contributed by atoms with Gasteiger partial charge in [-0.3, -0.25) is 0 Å². The van der Waals surface area contributed by atoms with Crippen LogP contribution in [-0.4, -0.2) is 19.5 Å². The van der Waals surface area contributed by atoms with Gasteiger partial charge >= 0.3 is 5.97 Å². The Balaban J connectivity index is 2.70. The molecule has 1 N–H and O–H groups in total. The first-order valence-electron chi connectivity index (χ1n) is 4.23. The van der Waals surface area contributed by atoms with Crippen molar-refractivity contribution in [3.05, 3.63) is 34.2 Å². The molecule has 5 heteroatoms. The summed E-state index contributed by atoms with van der Waals surface area (Å²) in [5.74, 6) is -1.06. The van der Waals surface area contributed by atoms with Crippen LogP contribution in [0.15, 0.2) is 28.0 Å². The van der Waals surface area contributed by atoms with E-state index in [0.717, 1.165) is 0 Å². The van der Waals surface area contributed by atoms with Gasteiger partial charge in [-0.2, -0.15) is 0 Å². The van der Waals surface area contributed by atoms with Crippen LogP contribution >= 0.6 is 0 Å². The van der Waals surface area contributed by atoms with Crippen LogP contribution in [0.5, 0.6) is 0 Å². The van der Waals surface area contributed by atoms with E-state index >= 15 is 0 Å². The summed E-state index contributed by atoms with van der Waals surface area (Å²) < 4.78 is 23.3. The molecule has 0 amide bonds. The summed E-state index contributed by atoms with van der Waals surface area (Å²) >= 11 is 0. The van der Waals surface area contributed by atoms with Gasteiger partial charge in [0.15, 0.2) is 0 Å². The van der Waals surface area contributed by atoms with Gasteiger partial charge in [-0.05, 0) is 36.8 Å². The van der Waals surface area contributed by atoms with Gasteiger partial charge in [-0.25, -0.2) is 13.2 Å². The topological polar surface area (TPSA) is 71.4 Å². The van der Waals surface area contributed by atoms with Gasteiger partial charge in [0.25, 0.3) is 0 Å². The lowest BCUT2D eigenvalue weighted by Gasteiger charge is -2.00. The van der Waals surface area contributed by atoms with E-state index in [4.69, 9.17) is 5.11 Å². The van der Waals surface area contributed by atoms with Crippen molar-refractivity contribution in [1.29, 1.82) is 0 Å². The van der Waals surface area contributed by atoms with Crippen molar-refractivity contribution in [2.45, 2.75) is 11.8 Å². The first-order chi connectivity index (χ1) is 6.93. The van der Waals surface area contributed by atoms with Gasteiger partial charge in [0.2, 0.25) is 9.84 Å². The lowest BCUT2D eigenvalue weighted by Crippen LogP contribution is -2.00. The van der Waals surface area contributed by atoms with Crippen LogP contribution < -0.4 is 0 Å². The van der Waals surface area contributed by atoms with Crippen LogP contribution in [0, 0.1) is 0 Å². The smallest absolute Gasteiger partial charge is 0.335 e. The number of hydrogen-bond donors (Lipinski definition) is 1. The number of sulfone groups is 1. The Hall–Kier alpha value is -1.62. The second-order valence-electron chi connectivity index (χ2n) is 3.32. The van der Waals surface area contributed by atoms with E-state index in [0.29, 0.717) is 5.56 Å². The molecule has 0 aromatic heterocycles. The van der Waals surface area contributed by atoms with E-state index in [1.807, 2.05) is 0 Å². The maximum atomic E-state index is 11.6. The monoisotopic (exact) mass is 224 g/mol. The summed E-state index contributed by atoms with van der Waals surface area (Å²) in [7, 11) is -3.36. The van der Waals surface area contributed by atoms with Gasteiger partial charge < -0.3 is 5.11 Å². The molecular formula is C10H8O4S. The highest BCUT2D eigenvalue weighted by Gasteiger charge is 2.26. The molecule has 2 rings (SSSR count). The molecule has 0 saturated heterocycles. The Morgan fingerprint density at radius 3 is 2.60 bits per heavy atom. The second-order valence-corrected chi connectivity index (χ2v) is 5.41. The number of rotatable bonds is 1. The molecule has 4 nitrogen and oxygen atoms in total. The maximum Gasteiger partial charge on any atom is 0.335 e. The number of aromatic carboxylic acids is 1. The lowest BCUT2D eigenvalue weighted by molar-refractivity contribution is 0.0696. The number of allylic oxidation sites excluding steroid dienone is 1. The fourth-order valence-corrected chi connectivity index (χ4v) is 2.81. The summed E-state index contributed by atoms with van der Waals surface area (Å²) in [6.07, 6.45) is 1.48. The number of benzene rings is 1. The maximum absolute atomic E-state index is 11.6. The summed E-state index contributed by atoms with van der Waals surface area (Å²) in [4.78, 5) is 11.1. The third-order valence-electron chi connectivity index (χ3n) is 2.33. The first kappa shape index (κ1) is 9.92. The third kappa shape index (κ3) is 1.35. The van der Waals surface area contributed by atoms with E-state index in [9.17, 15) is 13.2 Å². The van der Waals surface area contributed by atoms with E-state index in [-0.39, 0.29) is 15.4 Å². The van der Waals surface area contributed by atoms with Gasteiger partial charge in [-0.15, -0.1) is 0 Å². The molecule has 0 bridgehead atoms. The highest BCUT2D eigenvalue weighted by atomic mass is 32.2.